The summed E-state index contributed by atoms with van der Waals surface area (Å²) in [4.78, 5) is 27.9. The van der Waals surface area contributed by atoms with Crippen molar-refractivity contribution in [2.45, 2.75) is 51.9 Å². The molecule has 162 valence electrons. The first-order chi connectivity index (χ1) is 14.5. The number of carbonyl (C=O) groups excluding carboxylic acids is 1. The maximum Gasteiger partial charge on any atom is 0.303 e. The molecule has 0 spiro atoms. The highest BCUT2D eigenvalue weighted by atomic mass is 32.2. The highest BCUT2D eigenvalue weighted by molar-refractivity contribution is 8.26. The summed E-state index contributed by atoms with van der Waals surface area (Å²) in [6.45, 7) is 4.84. The molecule has 0 aliphatic carbocycles. The van der Waals surface area contributed by atoms with Gasteiger partial charge in [0.2, 0.25) is 0 Å². The predicted molar refractivity (Wildman–Crippen MR) is 128 cm³/mol. The SMILES string of the molecule is CCCCC1CCCN(c2ccc(/C=C3\SC(=S)N(CCCC(=O)O)C3=O)cc2)C1. The van der Waals surface area contributed by atoms with Gasteiger partial charge in [0, 0.05) is 31.7 Å². The van der Waals surface area contributed by atoms with Gasteiger partial charge in [-0.1, -0.05) is 55.9 Å². The number of carboxylic acid groups (broad SMARTS) is 1. The van der Waals surface area contributed by atoms with Crippen LogP contribution in [0.3, 0.4) is 0 Å². The van der Waals surface area contributed by atoms with E-state index in [9.17, 15) is 9.59 Å². The molecule has 0 aromatic heterocycles. The van der Waals surface area contributed by atoms with Crippen LogP contribution in [-0.2, 0) is 9.59 Å². The number of thioether (sulfide) groups is 1. The zero-order valence-corrected chi connectivity index (χ0v) is 19.1. The van der Waals surface area contributed by atoms with Gasteiger partial charge in [-0.15, -0.1) is 0 Å². The molecule has 0 radical (unpaired) electrons. The number of hydrogen-bond acceptors (Lipinski definition) is 5. The molecule has 30 heavy (non-hydrogen) atoms. The number of anilines is 1. The fourth-order valence-electron chi connectivity index (χ4n) is 4.04. The number of piperidine rings is 1. The van der Waals surface area contributed by atoms with Crippen molar-refractivity contribution in [1.82, 2.24) is 4.90 Å². The maximum absolute atomic E-state index is 12.6. The Labute approximate surface area is 188 Å². The molecule has 0 bridgehead atoms. The molecule has 1 atom stereocenters. The second-order valence-corrected chi connectivity index (χ2v) is 9.69. The fourth-order valence-corrected chi connectivity index (χ4v) is 5.35. The first-order valence-electron chi connectivity index (χ1n) is 10.8. The predicted octanol–water partition coefficient (Wildman–Crippen LogP) is 5.16. The zero-order valence-electron chi connectivity index (χ0n) is 17.5. The van der Waals surface area contributed by atoms with Crippen LogP contribution >= 0.6 is 24.0 Å². The molecule has 1 aromatic rings. The van der Waals surface area contributed by atoms with Crippen LogP contribution < -0.4 is 4.90 Å². The number of benzene rings is 1. The number of carbonyl (C=O) groups is 2. The smallest absolute Gasteiger partial charge is 0.303 e. The second-order valence-electron chi connectivity index (χ2n) is 8.02. The first kappa shape index (κ1) is 22.8. The quantitative estimate of drug-likeness (QED) is 0.418. The van der Waals surface area contributed by atoms with Gasteiger partial charge in [0.05, 0.1) is 4.91 Å². The number of amides is 1. The average Bonchev–Trinajstić information content (AvgIpc) is 3.00. The lowest BCUT2D eigenvalue weighted by Crippen LogP contribution is -2.35. The molecule has 1 amide bonds. The minimum absolute atomic E-state index is 0.0351. The van der Waals surface area contributed by atoms with E-state index in [-0.39, 0.29) is 12.3 Å². The van der Waals surface area contributed by atoms with E-state index in [1.807, 2.05) is 6.08 Å². The van der Waals surface area contributed by atoms with Crippen LogP contribution in [0.15, 0.2) is 29.2 Å². The van der Waals surface area contributed by atoms with E-state index in [1.165, 1.54) is 54.5 Å². The standard InChI is InChI=1S/C23H30N2O3S2/c1-2-3-6-18-7-4-13-24(16-18)19-11-9-17(10-12-19)15-20-22(28)25(23(29)30-20)14-5-8-21(26)27/h9-12,15,18H,2-8,13-14,16H2,1H3,(H,26,27)/b20-15-. The van der Waals surface area contributed by atoms with Crippen LogP contribution in [-0.4, -0.2) is 45.8 Å². The lowest BCUT2D eigenvalue weighted by Gasteiger charge is -2.34. The summed E-state index contributed by atoms with van der Waals surface area (Å²) in [7, 11) is 0. The normalized spacial score (nSPS) is 21.0. The third-order valence-corrected chi connectivity index (χ3v) is 7.06. The maximum atomic E-state index is 12.6. The summed E-state index contributed by atoms with van der Waals surface area (Å²) >= 11 is 6.60. The van der Waals surface area contributed by atoms with Crippen molar-refractivity contribution in [2.75, 3.05) is 24.5 Å². The second kappa shape index (κ2) is 11.0. The van der Waals surface area contributed by atoms with E-state index in [0.29, 0.717) is 22.2 Å². The lowest BCUT2D eigenvalue weighted by atomic mass is 9.92. The van der Waals surface area contributed by atoms with Crippen molar-refractivity contribution in [3.63, 3.8) is 0 Å². The van der Waals surface area contributed by atoms with Gasteiger partial charge in [0.25, 0.3) is 5.91 Å². The molecular weight excluding hydrogens is 416 g/mol. The Bertz CT molecular complexity index is 807. The van der Waals surface area contributed by atoms with Crippen molar-refractivity contribution >= 4 is 51.9 Å². The van der Waals surface area contributed by atoms with Crippen molar-refractivity contribution < 1.29 is 14.7 Å². The number of nitrogens with zero attached hydrogens (tertiary/aromatic N) is 2. The van der Waals surface area contributed by atoms with Crippen LogP contribution in [0.5, 0.6) is 0 Å². The third-order valence-electron chi connectivity index (χ3n) is 5.69. The molecule has 2 aliphatic rings. The fraction of sp³-hybridized carbons (Fsp3) is 0.522. The number of rotatable bonds is 9. The summed E-state index contributed by atoms with van der Waals surface area (Å²) in [6.07, 6.45) is 8.79. The van der Waals surface area contributed by atoms with Crippen LogP contribution in [0.2, 0.25) is 0 Å². The number of hydrogen-bond donors (Lipinski definition) is 1. The Morgan fingerprint density at radius 2 is 2.07 bits per heavy atom. The highest BCUT2D eigenvalue weighted by Crippen LogP contribution is 2.33. The van der Waals surface area contributed by atoms with E-state index in [4.69, 9.17) is 17.3 Å². The van der Waals surface area contributed by atoms with Gasteiger partial charge in [0.15, 0.2) is 0 Å². The Morgan fingerprint density at radius 3 is 2.77 bits per heavy atom. The summed E-state index contributed by atoms with van der Waals surface area (Å²) < 4.78 is 0.500. The van der Waals surface area contributed by atoms with Gasteiger partial charge in [-0.3, -0.25) is 14.5 Å². The Hall–Kier alpha value is -1.86. The van der Waals surface area contributed by atoms with Crippen molar-refractivity contribution in [3.05, 3.63) is 34.7 Å². The van der Waals surface area contributed by atoms with E-state index < -0.39 is 5.97 Å². The van der Waals surface area contributed by atoms with E-state index in [0.717, 1.165) is 24.6 Å². The molecule has 2 saturated heterocycles. The van der Waals surface area contributed by atoms with Crippen molar-refractivity contribution in [2.24, 2.45) is 5.92 Å². The molecule has 1 N–H and O–H groups in total. The molecule has 5 nitrogen and oxygen atoms in total. The Kier molecular flexibility index (Phi) is 8.33. The molecule has 2 heterocycles. The highest BCUT2D eigenvalue weighted by Gasteiger charge is 2.31. The third kappa shape index (κ3) is 6.08. The van der Waals surface area contributed by atoms with Gasteiger partial charge in [-0.2, -0.15) is 0 Å². The summed E-state index contributed by atoms with van der Waals surface area (Å²) in [5.41, 5.74) is 2.22. The molecule has 3 rings (SSSR count). The Morgan fingerprint density at radius 1 is 1.30 bits per heavy atom. The van der Waals surface area contributed by atoms with E-state index >= 15 is 0 Å². The van der Waals surface area contributed by atoms with Gasteiger partial charge < -0.3 is 10.0 Å². The molecule has 0 saturated carbocycles. The summed E-state index contributed by atoms with van der Waals surface area (Å²) in [6, 6.07) is 8.40. The minimum Gasteiger partial charge on any atom is -0.481 e. The van der Waals surface area contributed by atoms with Crippen LogP contribution in [0, 0.1) is 5.92 Å². The van der Waals surface area contributed by atoms with Crippen molar-refractivity contribution in [3.8, 4) is 0 Å². The molecule has 7 heteroatoms. The average molecular weight is 447 g/mol. The minimum atomic E-state index is -0.860. The van der Waals surface area contributed by atoms with Crippen LogP contribution in [0.25, 0.3) is 6.08 Å². The van der Waals surface area contributed by atoms with Crippen LogP contribution in [0.4, 0.5) is 5.69 Å². The number of aliphatic carboxylic acids is 1. The monoisotopic (exact) mass is 446 g/mol. The molecular formula is C23H30N2O3S2. The van der Waals surface area contributed by atoms with Gasteiger partial charge in [-0.25, -0.2) is 0 Å². The lowest BCUT2D eigenvalue weighted by molar-refractivity contribution is -0.137. The van der Waals surface area contributed by atoms with Gasteiger partial charge in [0.1, 0.15) is 4.32 Å². The summed E-state index contributed by atoms with van der Waals surface area (Å²) in [5.74, 6) is -0.197. The largest absolute Gasteiger partial charge is 0.481 e. The molecule has 1 unspecified atom stereocenters. The number of carboxylic acids is 1. The van der Waals surface area contributed by atoms with Crippen molar-refractivity contribution in [1.29, 1.82) is 0 Å². The topological polar surface area (TPSA) is 60.9 Å². The Balaban J connectivity index is 1.61. The molecule has 1 aromatic carbocycles. The van der Waals surface area contributed by atoms with E-state index in [1.54, 1.807) is 0 Å². The molecule has 2 aliphatic heterocycles. The summed E-state index contributed by atoms with van der Waals surface area (Å²) in [5, 5.41) is 8.78. The number of unbranched alkanes of at least 4 members (excludes halogenated alkanes) is 1. The molecule has 2 fully saturated rings. The zero-order chi connectivity index (χ0) is 21.5. The van der Waals surface area contributed by atoms with Gasteiger partial charge >= 0.3 is 5.97 Å². The number of thiocarbonyl (C=S) groups is 1. The first-order valence-corrected chi connectivity index (χ1v) is 12.0. The van der Waals surface area contributed by atoms with Gasteiger partial charge in [-0.05, 0) is 55.4 Å². The van der Waals surface area contributed by atoms with E-state index in [2.05, 4.69) is 36.1 Å². The van der Waals surface area contributed by atoms with Crippen LogP contribution in [0.1, 0.15) is 57.4 Å².